The molecule has 0 amide bonds. The molecule has 0 unspecified atom stereocenters. The van der Waals surface area contributed by atoms with Crippen molar-refractivity contribution >= 4 is 17.3 Å². The fourth-order valence-corrected chi connectivity index (χ4v) is 3.46. The van der Waals surface area contributed by atoms with Gasteiger partial charge in [-0.1, -0.05) is 0 Å². The molecule has 0 aliphatic carbocycles. The topological polar surface area (TPSA) is 136 Å². The average molecular weight is 507 g/mol. The molecule has 4 N–H and O–H groups in total. The van der Waals surface area contributed by atoms with Gasteiger partial charge in [0.25, 0.3) is 6.08 Å². The number of nitrogens with one attached hydrogen (secondary N) is 1. The lowest BCUT2D eigenvalue weighted by molar-refractivity contribution is -0.192. The van der Waals surface area contributed by atoms with Crippen LogP contribution in [0.5, 0.6) is 5.88 Å². The SMILES string of the molecule is COc1ccc(-c2ccc(Cn3c(CC(CN)=C(F)F)n[nH]c3=O)s2)cn1.O=C(O)C(F)(F)F. The van der Waals surface area contributed by atoms with Crippen LogP contribution in [0.15, 0.2) is 46.9 Å². The molecule has 3 aromatic rings. The van der Waals surface area contributed by atoms with E-state index in [1.807, 2.05) is 18.2 Å². The molecule has 34 heavy (non-hydrogen) atoms. The van der Waals surface area contributed by atoms with Gasteiger partial charge in [-0.15, -0.1) is 11.3 Å². The first-order chi connectivity index (χ1) is 16.0. The zero-order valence-electron chi connectivity index (χ0n) is 17.4. The molecule has 3 heterocycles. The molecule has 15 heteroatoms. The maximum Gasteiger partial charge on any atom is 0.490 e. The summed E-state index contributed by atoms with van der Waals surface area (Å²) < 4.78 is 63.8. The predicted octanol–water partition coefficient (Wildman–Crippen LogP) is 3.04. The van der Waals surface area contributed by atoms with Gasteiger partial charge in [0.15, 0.2) is 0 Å². The van der Waals surface area contributed by atoms with Gasteiger partial charge in [0, 0.05) is 46.1 Å². The molecule has 3 aromatic heterocycles. The van der Waals surface area contributed by atoms with Gasteiger partial charge < -0.3 is 15.6 Å². The average Bonchev–Trinajstić information content (AvgIpc) is 3.39. The Morgan fingerprint density at radius 2 is 1.94 bits per heavy atom. The van der Waals surface area contributed by atoms with Gasteiger partial charge in [0.1, 0.15) is 5.82 Å². The maximum absolute atomic E-state index is 12.9. The molecule has 0 radical (unpaired) electrons. The number of nitrogens with two attached hydrogens (primary N) is 1. The number of thiophene rings is 1. The van der Waals surface area contributed by atoms with Crippen LogP contribution >= 0.6 is 11.3 Å². The Bertz CT molecular complexity index is 1200. The van der Waals surface area contributed by atoms with Crippen molar-refractivity contribution in [1.82, 2.24) is 19.7 Å². The fraction of sp³-hybridized carbons (Fsp3) is 0.263. The van der Waals surface area contributed by atoms with Gasteiger partial charge in [-0.05, 0) is 18.2 Å². The molecule has 0 aliphatic rings. The van der Waals surface area contributed by atoms with E-state index in [0.717, 1.165) is 15.3 Å². The van der Waals surface area contributed by atoms with Crippen LogP contribution in [-0.4, -0.2) is 50.7 Å². The van der Waals surface area contributed by atoms with E-state index in [4.69, 9.17) is 20.4 Å². The zero-order chi connectivity index (χ0) is 25.5. The first kappa shape index (κ1) is 26.7. The molecular formula is C19H18F5N5O4S. The summed E-state index contributed by atoms with van der Waals surface area (Å²) in [6.07, 6.45) is -5.41. The number of halogens is 5. The number of methoxy groups -OCH3 is 1. The highest BCUT2D eigenvalue weighted by atomic mass is 32.1. The lowest BCUT2D eigenvalue weighted by Gasteiger charge is -2.06. The van der Waals surface area contributed by atoms with Gasteiger partial charge in [-0.2, -0.15) is 27.1 Å². The second-order valence-corrected chi connectivity index (χ2v) is 7.60. The number of ether oxygens (including phenoxy) is 1. The summed E-state index contributed by atoms with van der Waals surface area (Å²) in [7, 11) is 1.55. The number of H-pyrrole nitrogens is 1. The van der Waals surface area contributed by atoms with Gasteiger partial charge >= 0.3 is 17.8 Å². The van der Waals surface area contributed by atoms with Crippen LogP contribution in [0, 0.1) is 0 Å². The molecule has 0 spiro atoms. The Kier molecular flexibility index (Phi) is 9.03. The highest BCUT2D eigenvalue weighted by molar-refractivity contribution is 7.15. The first-order valence-corrected chi connectivity index (χ1v) is 10.0. The van der Waals surface area contributed by atoms with Gasteiger partial charge in [0.2, 0.25) is 5.88 Å². The van der Waals surface area contributed by atoms with Crippen LogP contribution in [0.3, 0.4) is 0 Å². The number of pyridine rings is 1. The number of hydrogen-bond donors (Lipinski definition) is 3. The van der Waals surface area contributed by atoms with Crippen LogP contribution in [0.1, 0.15) is 10.7 Å². The normalized spacial score (nSPS) is 10.9. The molecule has 3 rings (SSSR count). The molecule has 0 saturated heterocycles. The monoisotopic (exact) mass is 507 g/mol. The number of carboxylic acid groups (broad SMARTS) is 1. The van der Waals surface area contributed by atoms with Crippen molar-refractivity contribution in [3.8, 4) is 16.3 Å². The third-order valence-electron chi connectivity index (χ3n) is 4.17. The van der Waals surface area contributed by atoms with Gasteiger partial charge in [-0.25, -0.2) is 19.7 Å². The quantitative estimate of drug-likeness (QED) is 0.418. The van der Waals surface area contributed by atoms with Crippen LogP contribution in [0.25, 0.3) is 10.4 Å². The number of aromatic nitrogens is 4. The van der Waals surface area contributed by atoms with Crippen molar-refractivity contribution in [3.63, 3.8) is 0 Å². The van der Waals surface area contributed by atoms with Crippen molar-refractivity contribution < 1.29 is 36.6 Å². The smallest absolute Gasteiger partial charge is 0.481 e. The Balaban J connectivity index is 0.000000509. The highest BCUT2D eigenvalue weighted by Crippen LogP contribution is 2.29. The second kappa shape index (κ2) is 11.5. The highest BCUT2D eigenvalue weighted by Gasteiger charge is 2.38. The van der Waals surface area contributed by atoms with Crippen molar-refractivity contribution in [2.24, 2.45) is 5.73 Å². The number of hydrogen-bond acceptors (Lipinski definition) is 7. The Morgan fingerprint density at radius 3 is 2.44 bits per heavy atom. The minimum absolute atomic E-state index is 0.182. The van der Waals surface area contributed by atoms with Crippen molar-refractivity contribution in [2.75, 3.05) is 13.7 Å². The van der Waals surface area contributed by atoms with Crippen LogP contribution in [0.4, 0.5) is 22.0 Å². The third kappa shape index (κ3) is 7.21. The lowest BCUT2D eigenvalue weighted by atomic mass is 10.2. The minimum atomic E-state index is -5.08. The summed E-state index contributed by atoms with van der Waals surface area (Å²) in [5, 5.41) is 13.3. The molecule has 0 bridgehead atoms. The van der Waals surface area contributed by atoms with E-state index in [0.29, 0.717) is 5.88 Å². The minimum Gasteiger partial charge on any atom is -0.481 e. The number of aromatic amines is 1. The molecule has 0 aromatic carbocycles. The molecule has 0 aliphatic heterocycles. The standard InChI is InChI=1S/C17H17F2N5O2S.C2HF3O2/c1-26-15-5-2-10(8-21-15)13-4-3-12(27-13)9-24-14(22-23-17(24)25)6-11(7-20)16(18)19;3-2(4,5)1(6)7/h2-5,8H,6-7,9,20H2,1H3,(H,23,25);(H,6,7). The van der Waals surface area contributed by atoms with E-state index in [9.17, 15) is 26.7 Å². The summed E-state index contributed by atoms with van der Waals surface area (Å²) in [6.45, 7) is -0.0678. The second-order valence-electron chi connectivity index (χ2n) is 6.43. The number of aliphatic carboxylic acids is 1. The summed E-state index contributed by atoms with van der Waals surface area (Å²) >= 11 is 1.48. The zero-order valence-corrected chi connectivity index (χ0v) is 18.2. The Labute approximate surface area is 192 Å². The Morgan fingerprint density at radius 1 is 1.26 bits per heavy atom. The predicted molar refractivity (Wildman–Crippen MR) is 112 cm³/mol. The van der Waals surface area contributed by atoms with Gasteiger partial charge in [0.05, 0.1) is 13.7 Å². The molecule has 0 atom stereocenters. The van der Waals surface area contributed by atoms with E-state index in [1.165, 1.54) is 15.9 Å². The summed E-state index contributed by atoms with van der Waals surface area (Å²) in [6, 6.07) is 7.45. The summed E-state index contributed by atoms with van der Waals surface area (Å²) in [5.74, 6) is -2.02. The van der Waals surface area contributed by atoms with Crippen molar-refractivity contribution in [2.45, 2.75) is 19.1 Å². The number of alkyl halides is 3. The van der Waals surface area contributed by atoms with Gasteiger partial charge in [-0.3, -0.25) is 4.57 Å². The van der Waals surface area contributed by atoms with Crippen molar-refractivity contribution in [1.29, 1.82) is 0 Å². The molecule has 184 valence electrons. The number of nitrogens with zero attached hydrogens (tertiary/aromatic N) is 3. The number of carboxylic acids is 1. The van der Waals surface area contributed by atoms with Crippen molar-refractivity contribution in [3.05, 3.63) is 63.3 Å². The lowest BCUT2D eigenvalue weighted by Crippen LogP contribution is -2.21. The first-order valence-electron chi connectivity index (χ1n) is 9.22. The number of carbonyl (C=O) groups is 1. The third-order valence-corrected chi connectivity index (χ3v) is 5.29. The summed E-state index contributed by atoms with van der Waals surface area (Å²) in [4.78, 5) is 26.9. The maximum atomic E-state index is 12.9. The van der Waals surface area contributed by atoms with Crippen LogP contribution < -0.4 is 16.2 Å². The molecule has 9 nitrogen and oxygen atoms in total. The largest absolute Gasteiger partial charge is 0.490 e. The van der Waals surface area contributed by atoms with Crippen LogP contribution in [0.2, 0.25) is 0 Å². The molecular weight excluding hydrogens is 489 g/mol. The van der Waals surface area contributed by atoms with E-state index in [2.05, 4.69) is 15.2 Å². The van der Waals surface area contributed by atoms with E-state index < -0.39 is 23.9 Å². The Hall–Kier alpha value is -3.59. The van der Waals surface area contributed by atoms with E-state index in [-0.39, 0.29) is 30.9 Å². The number of rotatable bonds is 7. The van der Waals surface area contributed by atoms with E-state index >= 15 is 0 Å². The molecule has 0 saturated carbocycles. The van der Waals surface area contributed by atoms with E-state index in [1.54, 1.807) is 19.4 Å². The van der Waals surface area contributed by atoms with Crippen LogP contribution in [-0.2, 0) is 17.8 Å². The summed E-state index contributed by atoms with van der Waals surface area (Å²) in [5.41, 5.74) is 5.56. The fourth-order valence-electron chi connectivity index (χ4n) is 2.48. The molecule has 0 fully saturated rings.